The van der Waals surface area contributed by atoms with Gasteiger partial charge in [-0.15, -0.1) is 0 Å². The summed E-state index contributed by atoms with van der Waals surface area (Å²) in [5.74, 6) is 0.851. The molecule has 84 valence electrons. The van der Waals surface area contributed by atoms with Crippen molar-refractivity contribution < 1.29 is 9.47 Å². The summed E-state index contributed by atoms with van der Waals surface area (Å²) in [5, 5.41) is 3.27. The lowest BCUT2D eigenvalue weighted by Gasteiger charge is -2.07. The molecule has 0 saturated carbocycles. The Balaban J connectivity index is 2.35. The second-order valence-corrected chi connectivity index (χ2v) is 3.18. The van der Waals surface area contributed by atoms with Gasteiger partial charge in [0.05, 0.1) is 0 Å². The van der Waals surface area contributed by atoms with Gasteiger partial charge in [0, 0.05) is 13.2 Å². The highest BCUT2D eigenvalue weighted by Gasteiger charge is 1.94. The molecule has 0 aromatic heterocycles. The van der Waals surface area contributed by atoms with E-state index in [2.05, 4.69) is 24.4 Å². The monoisotopic (exact) mass is 209 g/mol. The van der Waals surface area contributed by atoms with E-state index in [1.807, 2.05) is 19.1 Å². The summed E-state index contributed by atoms with van der Waals surface area (Å²) >= 11 is 0. The number of hydrogen-bond acceptors (Lipinski definition) is 3. The van der Waals surface area contributed by atoms with Crippen LogP contribution in [0.15, 0.2) is 24.3 Å². The quantitative estimate of drug-likeness (QED) is 0.551. The summed E-state index contributed by atoms with van der Waals surface area (Å²) in [6, 6.07) is 8.05. The molecule has 1 aromatic rings. The molecule has 1 aromatic carbocycles. The molecule has 0 fully saturated rings. The van der Waals surface area contributed by atoms with Crippen LogP contribution in [-0.4, -0.2) is 19.9 Å². The number of ether oxygens (including phenoxy) is 2. The van der Waals surface area contributed by atoms with Crippen LogP contribution in [-0.2, 0) is 11.3 Å². The third kappa shape index (κ3) is 4.81. The summed E-state index contributed by atoms with van der Waals surface area (Å²) < 4.78 is 10.5. The number of hydrogen-bond donors (Lipinski definition) is 1. The SMILES string of the molecule is CCNCc1ccc(OCOCC)cc1. The van der Waals surface area contributed by atoms with E-state index in [0.29, 0.717) is 13.4 Å². The van der Waals surface area contributed by atoms with Gasteiger partial charge in [-0.2, -0.15) is 0 Å². The van der Waals surface area contributed by atoms with E-state index in [1.54, 1.807) is 0 Å². The lowest BCUT2D eigenvalue weighted by atomic mass is 10.2. The molecular formula is C12H19NO2. The first-order chi connectivity index (χ1) is 7.36. The zero-order chi connectivity index (χ0) is 10.9. The molecule has 0 bridgehead atoms. The van der Waals surface area contributed by atoms with E-state index >= 15 is 0 Å². The predicted molar refractivity (Wildman–Crippen MR) is 60.9 cm³/mol. The lowest BCUT2D eigenvalue weighted by molar-refractivity contribution is 0.0224. The van der Waals surface area contributed by atoms with Crippen LogP contribution < -0.4 is 10.1 Å². The van der Waals surface area contributed by atoms with Crippen molar-refractivity contribution in [1.82, 2.24) is 5.32 Å². The van der Waals surface area contributed by atoms with Gasteiger partial charge in [-0.25, -0.2) is 0 Å². The minimum atomic E-state index is 0.322. The Morgan fingerprint density at radius 1 is 1.13 bits per heavy atom. The topological polar surface area (TPSA) is 30.5 Å². The van der Waals surface area contributed by atoms with E-state index in [9.17, 15) is 0 Å². The minimum Gasteiger partial charge on any atom is -0.468 e. The molecule has 0 unspecified atom stereocenters. The largest absolute Gasteiger partial charge is 0.468 e. The molecule has 15 heavy (non-hydrogen) atoms. The second-order valence-electron chi connectivity index (χ2n) is 3.18. The van der Waals surface area contributed by atoms with Crippen LogP contribution >= 0.6 is 0 Å². The molecule has 0 aliphatic rings. The van der Waals surface area contributed by atoms with Crippen LogP contribution in [0.4, 0.5) is 0 Å². The van der Waals surface area contributed by atoms with Crippen molar-refractivity contribution in [2.45, 2.75) is 20.4 Å². The van der Waals surface area contributed by atoms with Crippen LogP contribution in [0.3, 0.4) is 0 Å². The van der Waals surface area contributed by atoms with Crippen molar-refractivity contribution in [3.63, 3.8) is 0 Å². The molecule has 0 amide bonds. The number of rotatable bonds is 7. The van der Waals surface area contributed by atoms with E-state index < -0.39 is 0 Å². The third-order valence-corrected chi connectivity index (χ3v) is 2.02. The smallest absolute Gasteiger partial charge is 0.189 e. The van der Waals surface area contributed by atoms with Gasteiger partial charge in [-0.3, -0.25) is 0 Å². The molecule has 1 rings (SSSR count). The highest BCUT2D eigenvalue weighted by atomic mass is 16.7. The van der Waals surface area contributed by atoms with Gasteiger partial charge in [0.15, 0.2) is 6.79 Å². The first kappa shape index (κ1) is 12.0. The van der Waals surface area contributed by atoms with Gasteiger partial charge in [0.25, 0.3) is 0 Å². The molecule has 1 N–H and O–H groups in total. The van der Waals surface area contributed by atoms with Crippen LogP contribution in [0.25, 0.3) is 0 Å². The normalized spacial score (nSPS) is 10.3. The molecule has 0 aliphatic heterocycles. The zero-order valence-corrected chi connectivity index (χ0v) is 9.45. The van der Waals surface area contributed by atoms with Crippen molar-refractivity contribution in [3.05, 3.63) is 29.8 Å². The lowest BCUT2D eigenvalue weighted by Crippen LogP contribution is -2.11. The third-order valence-electron chi connectivity index (χ3n) is 2.02. The van der Waals surface area contributed by atoms with Crippen molar-refractivity contribution in [2.24, 2.45) is 0 Å². The van der Waals surface area contributed by atoms with Gasteiger partial charge < -0.3 is 14.8 Å². The highest BCUT2D eigenvalue weighted by Crippen LogP contribution is 2.11. The van der Waals surface area contributed by atoms with Crippen LogP contribution in [0.5, 0.6) is 5.75 Å². The van der Waals surface area contributed by atoms with Crippen LogP contribution in [0.1, 0.15) is 19.4 Å². The molecule has 3 heteroatoms. The van der Waals surface area contributed by atoms with E-state index in [4.69, 9.17) is 9.47 Å². The first-order valence-electron chi connectivity index (χ1n) is 5.37. The Hall–Kier alpha value is -1.06. The van der Waals surface area contributed by atoms with Crippen molar-refractivity contribution >= 4 is 0 Å². The highest BCUT2D eigenvalue weighted by molar-refractivity contribution is 5.27. The summed E-state index contributed by atoms with van der Waals surface area (Å²) in [4.78, 5) is 0. The number of nitrogens with one attached hydrogen (secondary N) is 1. The maximum atomic E-state index is 5.36. The Bertz CT molecular complexity index is 259. The standard InChI is InChI=1S/C12H19NO2/c1-3-13-9-11-5-7-12(8-6-11)15-10-14-4-2/h5-8,13H,3-4,9-10H2,1-2H3. The number of benzene rings is 1. The molecule has 0 saturated heterocycles. The maximum absolute atomic E-state index is 5.36. The molecule has 0 radical (unpaired) electrons. The van der Waals surface area contributed by atoms with Gasteiger partial charge >= 0.3 is 0 Å². The van der Waals surface area contributed by atoms with Crippen molar-refractivity contribution in [2.75, 3.05) is 19.9 Å². The Morgan fingerprint density at radius 3 is 2.47 bits per heavy atom. The second kappa shape index (κ2) is 7.26. The van der Waals surface area contributed by atoms with Gasteiger partial charge in [0.1, 0.15) is 5.75 Å². The Morgan fingerprint density at radius 2 is 1.87 bits per heavy atom. The molecule has 0 heterocycles. The van der Waals surface area contributed by atoms with Crippen molar-refractivity contribution in [3.8, 4) is 5.75 Å². The summed E-state index contributed by atoms with van der Waals surface area (Å²) in [7, 11) is 0. The van der Waals surface area contributed by atoms with Gasteiger partial charge in [-0.1, -0.05) is 19.1 Å². The summed E-state index contributed by atoms with van der Waals surface area (Å²) in [6.07, 6.45) is 0. The first-order valence-corrected chi connectivity index (χ1v) is 5.37. The fourth-order valence-corrected chi connectivity index (χ4v) is 1.17. The van der Waals surface area contributed by atoms with E-state index in [0.717, 1.165) is 18.8 Å². The molecular weight excluding hydrogens is 190 g/mol. The maximum Gasteiger partial charge on any atom is 0.189 e. The molecule has 0 atom stereocenters. The fourth-order valence-electron chi connectivity index (χ4n) is 1.17. The Labute approximate surface area is 91.4 Å². The van der Waals surface area contributed by atoms with E-state index in [1.165, 1.54) is 5.56 Å². The average Bonchev–Trinajstić information content (AvgIpc) is 2.28. The zero-order valence-electron chi connectivity index (χ0n) is 9.45. The minimum absolute atomic E-state index is 0.322. The average molecular weight is 209 g/mol. The summed E-state index contributed by atoms with van der Waals surface area (Å²) in [5.41, 5.74) is 1.26. The predicted octanol–water partition coefficient (Wildman–Crippen LogP) is 2.17. The van der Waals surface area contributed by atoms with E-state index in [-0.39, 0.29) is 0 Å². The summed E-state index contributed by atoms with van der Waals surface area (Å²) in [6.45, 7) is 6.94. The van der Waals surface area contributed by atoms with Gasteiger partial charge in [0.2, 0.25) is 0 Å². The molecule has 0 aliphatic carbocycles. The Kier molecular flexibility index (Phi) is 5.81. The molecule has 0 spiro atoms. The van der Waals surface area contributed by atoms with Gasteiger partial charge in [-0.05, 0) is 31.2 Å². The van der Waals surface area contributed by atoms with Crippen LogP contribution in [0, 0.1) is 0 Å². The molecule has 3 nitrogen and oxygen atoms in total. The van der Waals surface area contributed by atoms with Crippen molar-refractivity contribution in [1.29, 1.82) is 0 Å². The fraction of sp³-hybridized carbons (Fsp3) is 0.500. The van der Waals surface area contributed by atoms with Crippen LogP contribution in [0.2, 0.25) is 0 Å².